The summed E-state index contributed by atoms with van der Waals surface area (Å²) in [5.74, 6) is 6.80. The Morgan fingerprint density at radius 1 is 1.11 bits per heavy atom. The lowest BCUT2D eigenvalue weighted by Crippen LogP contribution is -2.51. The summed E-state index contributed by atoms with van der Waals surface area (Å²) in [6.07, 6.45) is 2.21. The maximum atomic E-state index is 13.2. The summed E-state index contributed by atoms with van der Waals surface area (Å²) >= 11 is 0. The third-order valence-electron chi connectivity index (χ3n) is 6.45. The van der Waals surface area contributed by atoms with Crippen molar-refractivity contribution < 1.29 is 19.4 Å². The largest absolute Gasteiger partial charge is 0.481 e. The highest BCUT2D eigenvalue weighted by Crippen LogP contribution is 2.42. The van der Waals surface area contributed by atoms with Crippen LogP contribution < -0.4 is 4.74 Å². The van der Waals surface area contributed by atoms with E-state index < -0.39 is 11.2 Å². The Morgan fingerprint density at radius 3 is 2.44 bits per heavy atom. The van der Waals surface area contributed by atoms with Crippen molar-refractivity contribution in [2.45, 2.75) is 50.9 Å². The normalized spacial score (nSPS) is 18.6. The minimum absolute atomic E-state index is 0.167. The lowest BCUT2D eigenvalue weighted by Gasteiger charge is -2.45. The van der Waals surface area contributed by atoms with Crippen molar-refractivity contribution in [2.24, 2.45) is 0 Å². The lowest BCUT2D eigenvalue weighted by atomic mass is 9.80. The van der Waals surface area contributed by atoms with Gasteiger partial charge in [-0.15, -0.1) is 0 Å². The second-order valence-electron chi connectivity index (χ2n) is 9.80. The molecule has 2 aromatic carbocycles. The van der Waals surface area contributed by atoms with Gasteiger partial charge in [0.1, 0.15) is 5.60 Å². The molecule has 2 atom stereocenters. The number of carbonyl (C=O) groups is 1. The summed E-state index contributed by atoms with van der Waals surface area (Å²) in [5.41, 5.74) is 1.75. The molecule has 4 rings (SSSR count). The molecular formula is C30H32N2O4. The highest BCUT2D eigenvalue weighted by molar-refractivity contribution is 5.70. The van der Waals surface area contributed by atoms with E-state index in [-0.39, 0.29) is 12.1 Å². The SMILES string of the molecule is COc1cc(C#Cc2ccc([C@H](C)N3CC[C@](CC(C)(C)O)(c4ccccc4)OC3=O)cc2)ccn1. The lowest BCUT2D eigenvalue weighted by molar-refractivity contribution is -0.101. The minimum Gasteiger partial charge on any atom is -0.481 e. The van der Waals surface area contributed by atoms with Crippen LogP contribution in [0.15, 0.2) is 72.9 Å². The molecule has 0 aliphatic carbocycles. The number of aromatic nitrogens is 1. The number of nitrogens with zero attached hydrogens (tertiary/aromatic N) is 2. The van der Waals surface area contributed by atoms with Gasteiger partial charge in [0.15, 0.2) is 0 Å². The van der Waals surface area contributed by atoms with Crippen molar-refractivity contribution in [2.75, 3.05) is 13.7 Å². The van der Waals surface area contributed by atoms with Gasteiger partial charge in [-0.05, 0) is 50.1 Å². The van der Waals surface area contributed by atoms with E-state index in [2.05, 4.69) is 16.8 Å². The second-order valence-corrected chi connectivity index (χ2v) is 9.80. The van der Waals surface area contributed by atoms with Crippen LogP contribution in [-0.2, 0) is 10.3 Å². The number of ether oxygens (including phenoxy) is 2. The molecule has 2 heterocycles. The fraction of sp³-hybridized carbons (Fsp3) is 0.333. The molecule has 1 aliphatic rings. The fourth-order valence-corrected chi connectivity index (χ4v) is 4.66. The average Bonchev–Trinajstić information content (AvgIpc) is 2.87. The van der Waals surface area contributed by atoms with Crippen LogP contribution in [0.25, 0.3) is 0 Å². The zero-order valence-corrected chi connectivity index (χ0v) is 21.2. The minimum atomic E-state index is -0.984. The van der Waals surface area contributed by atoms with Crippen molar-refractivity contribution >= 4 is 6.09 Å². The summed E-state index contributed by atoms with van der Waals surface area (Å²) in [4.78, 5) is 19.1. The number of cyclic esters (lactones) is 1. The molecule has 1 fully saturated rings. The molecule has 1 aliphatic heterocycles. The average molecular weight is 485 g/mol. The predicted octanol–water partition coefficient (Wildman–Crippen LogP) is 5.45. The van der Waals surface area contributed by atoms with Crippen molar-refractivity contribution in [3.05, 3.63) is 95.2 Å². The number of rotatable bonds is 6. The highest BCUT2D eigenvalue weighted by Gasteiger charge is 2.46. The fourth-order valence-electron chi connectivity index (χ4n) is 4.66. The molecule has 1 amide bonds. The van der Waals surface area contributed by atoms with E-state index in [9.17, 15) is 9.90 Å². The van der Waals surface area contributed by atoms with Gasteiger partial charge >= 0.3 is 6.09 Å². The first-order chi connectivity index (χ1) is 17.2. The first-order valence-electron chi connectivity index (χ1n) is 12.1. The Labute approximate surface area is 212 Å². The van der Waals surface area contributed by atoms with Gasteiger partial charge in [-0.1, -0.05) is 54.3 Å². The van der Waals surface area contributed by atoms with Crippen molar-refractivity contribution in [1.82, 2.24) is 9.88 Å². The molecule has 0 saturated carbocycles. The molecule has 1 N–H and O–H groups in total. The Hall–Kier alpha value is -3.82. The molecule has 36 heavy (non-hydrogen) atoms. The van der Waals surface area contributed by atoms with Crippen LogP contribution in [0.2, 0.25) is 0 Å². The van der Waals surface area contributed by atoms with E-state index >= 15 is 0 Å². The molecule has 1 saturated heterocycles. The first kappa shape index (κ1) is 25.3. The second kappa shape index (κ2) is 10.4. The molecule has 6 heteroatoms. The van der Waals surface area contributed by atoms with E-state index in [0.717, 1.165) is 22.3 Å². The first-order valence-corrected chi connectivity index (χ1v) is 12.1. The van der Waals surface area contributed by atoms with Crippen LogP contribution in [0, 0.1) is 11.8 Å². The topological polar surface area (TPSA) is 71.9 Å². The van der Waals surface area contributed by atoms with Crippen molar-refractivity contribution in [3.8, 4) is 17.7 Å². The molecule has 0 bridgehead atoms. The molecule has 0 radical (unpaired) electrons. The van der Waals surface area contributed by atoms with Crippen LogP contribution in [0.3, 0.4) is 0 Å². The molecule has 0 unspecified atom stereocenters. The summed E-state index contributed by atoms with van der Waals surface area (Å²) in [7, 11) is 1.58. The van der Waals surface area contributed by atoms with E-state index in [1.807, 2.05) is 67.6 Å². The number of aliphatic hydroxyl groups is 1. The Bertz CT molecular complexity index is 1260. The van der Waals surface area contributed by atoms with Gasteiger partial charge in [-0.2, -0.15) is 0 Å². The summed E-state index contributed by atoms with van der Waals surface area (Å²) in [6, 6.07) is 21.1. The van der Waals surface area contributed by atoms with Gasteiger partial charge in [0.05, 0.1) is 18.8 Å². The van der Waals surface area contributed by atoms with Gasteiger partial charge in [0, 0.05) is 42.8 Å². The zero-order valence-electron chi connectivity index (χ0n) is 21.2. The third-order valence-corrected chi connectivity index (χ3v) is 6.45. The van der Waals surface area contributed by atoms with Crippen LogP contribution in [0.1, 0.15) is 61.9 Å². The number of amides is 1. The summed E-state index contributed by atoms with van der Waals surface area (Å²) in [6.45, 7) is 6.01. The van der Waals surface area contributed by atoms with Crippen LogP contribution in [0.4, 0.5) is 4.79 Å². The van der Waals surface area contributed by atoms with Gasteiger partial charge in [-0.3, -0.25) is 0 Å². The van der Waals surface area contributed by atoms with E-state index in [1.54, 1.807) is 38.1 Å². The Balaban J connectivity index is 1.48. The number of hydrogen-bond acceptors (Lipinski definition) is 5. The van der Waals surface area contributed by atoms with Crippen LogP contribution in [-0.4, -0.2) is 40.3 Å². The molecular weight excluding hydrogens is 452 g/mol. The van der Waals surface area contributed by atoms with Crippen molar-refractivity contribution in [3.63, 3.8) is 0 Å². The summed E-state index contributed by atoms with van der Waals surface area (Å²) in [5, 5.41) is 10.6. The number of benzene rings is 2. The van der Waals surface area contributed by atoms with E-state index in [4.69, 9.17) is 9.47 Å². The van der Waals surface area contributed by atoms with Crippen LogP contribution in [0.5, 0.6) is 5.88 Å². The van der Waals surface area contributed by atoms with Gasteiger partial charge in [0.25, 0.3) is 0 Å². The molecule has 1 aromatic heterocycles. The smallest absolute Gasteiger partial charge is 0.411 e. The molecule has 186 valence electrons. The van der Waals surface area contributed by atoms with Gasteiger partial charge in [-0.25, -0.2) is 9.78 Å². The van der Waals surface area contributed by atoms with E-state index in [0.29, 0.717) is 25.3 Å². The van der Waals surface area contributed by atoms with Gasteiger partial charge in [0.2, 0.25) is 5.88 Å². The molecule has 0 spiro atoms. The monoisotopic (exact) mass is 484 g/mol. The summed E-state index contributed by atoms with van der Waals surface area (Å²) < 4.78 is 11.3. The van der Waals surface area contributed by atoms with Gasteiger partial charge < -0.3 is 19.5 Å². The standard InChI is InChI=1S/C30H32N2O4/c1-22(25-14-12-23(13-15-25)10-11-24-16-18-31-27(20-24)35-4)32-19-17-30(36-28(32)33,21-29(2,3)34)26-8-6-5-7-9-26/h5-9,12-16,18,20,22,34H,17,19,21H2,1-4H3/t22-,30-/m0/s1. The molecule has 6 nitrogen and oxygen atoms in total. The predicted molar refractivity (Wildman–Crippen MR) is 138 cm³/mol. The quantitative estimate of drug-likeness (QED) is 0.471. The van der Waals surface area contributed by atoms with E-state index in [1.165, 1.54) is 0 Å². The molecule has 3 aromatic rings. The highest BCUT2D eigenvalue weighted by atomic mass is 16.6. The number of methoxy groups -OCH3 is 1. The number of pyridine rings is 1. The number of hydrogen-bond donors (Lipinski definition) is 1. The van der Waals surface area contributed by atoms with Crippen molar-refractivity contribution in [1.29, 1.82) is 0 Å². The maximum absolute atomic E-state index is 13.2. The Kier molecular flexibility index (Phi) is 7.32. The Morgan fingerprint density at radius 2 is 1.81 bits per heavy atom. The maximum Gasteiger partial charge on any atom is 0.411 e. The van der Waals surface area contributed by atoms with Crippen LogP contribution >= 0.6 is 0 Å². The number of carbonyl (C=O) groups excluding carboxylic acids is 1. The third kappa shape index (κ3) is 5.87. The zero-order chi connectivity index (χ0) is 25.8.